The van der Waals surface area contributed by atoms with Crippen LogP contribution in [0.4, 0.5) is 0 Å². The number of rotatable bonds is 3. The molecule has 0 bridgehead atoms. The van der Waals surface area contributed by atoms with E-state index in [1.54, 1.807) is 0 Å². The van der Waals surface area contributed by atoms with E-state index in [9.17, 15) is 0 Å². The van der Waals surface area contributed by atoms with Crippen LogP contribution in [0.5, 0.6) is 0 Å². The minimum atomic E-state index is -0.346. The molecule has 0 spiro atoms. The Balaban J connectivity index is 2.96. The lowest BCUT2D eigenvalue weighted by Crippen LogP contribution is -2.32. The van der Waals surface area contributed by atoms with E-state index in [1.165, 1.54) is 0 Å². The Hall–Kier alpha value is -0.450. The van der Waals surface area contributed by atoms with Crippen LogP contribution >= 0.6 is 15.9 Å². The number of aryl methyl sites for hydroxylation is 1. The molecule has 2 atom stereocenters. The summed E-state index contributed by atoms with van der Waals surface area (Å²) in [5.74, 6) is 0. The van der Waals surface area contributed by atoms with Gasteiger partial charge in [0.1, 0.15) is 6.10 Å². The smallest absolute Gasteiger partial charge is 0.116 e. The maximum Gasteiger partial charge on any atom is 0.116 e. The Morgan fingerprint density at radius 2 is 2.00 bits per heavy atom. The van der Waals surface area contributed by atoms with E-state index in [4.69, 9.17) is 5.26 Å². The van der Waals surface area contributed by atoms with Gasteiger partial charge in [-0.05, 0) is 24.5 Å². The van der Waals surface area contributed by atoms with Crippen molar-refractivity contribution >= 4 is 15.9 Å². The Morgan fingerprint density at radius 3 is 2.44 bits per heavy atom. The molecule has 0 radical (unpaired) electrons. The molecule has 0 saturated heterocycles. The lowest BCUT2D eigenvalue weighted by atomic mass is 9.86. The molecule has 0 aliphatic rings. The van der Waals surface area contributed by atoms with Gasteiger partial charge < -0.3 is 0 Å². The summed E-state index contributed by atoms with van der Waals surface area (Å²) < 4.78 is 0. The summed E-state index contributed by atoms with van der Waals surface area (Å²) in [5.41, 5.74) is 1.65. The number of halogens is 1. The van der Waals surface area contributed by atoms with Gasteiger partial charge in [-0.25, -0.2) is 4.89 Å². The number of alkyl halides is 1. The Bertz CT molecular complexity index is 349. The first-order valence-electron chi connectivity index (χ1n) is 5.24. The summed E-state index contributed by atoms with van der Waals surface area (Å²) in [7, 11) is 0. The molecule has 90 valence electrons. The zero-order valence-electron chi connectivity index (χ0n) is 10.1. The van der Waals surface area contributed by atoms with E-state index in [2.05, 4.69) is 25.8 Å². The highest BCUT2D eigenvalue weighted by Crippen LogP contribution is 2.37. The van der Waals surface area contributed by atoms with Crippen LogP contribution in [-0.2, 0) is 4.89 Å². The standard InChI is InChI=1S/C12H18BrNO2/c1-8-6-5-7-9(14-8)10(13)11(16-15)12(2,3)4/h5-7,10-11,15H,1-4H3. The van der Waals surface area contributed by atoms with Gasteiger partial charge in [-0.3, -0.25) is 10.2 Å². The van der Waals surface area contributed by atoms with Crippen molar-refractivity contribution in [2.45, 2.75) is 38.6 Å². The highest BCUT2D eigenvalue weighted by molar-refractivity contribution is 9.09. The third kappa shape index (κ3) is 3.27. The fourth-order valence-corrected chi connectivity index (χ4v) is 2.67. The van der Waals surface area contributed by atoms with Crippen LogP contribution in [0, 0.1) is 12.3 Å². The van der Waals surface area contributed by atoms with Crippen molar-refractivity contribution in [3.05, 3.63) is 29.6 Å². The highest BCUT2D eigenvalue weighted by Gasteiger charge is 2.34. The van der Waals surface area contributed by atoms with E-state index in [1.807, 2.05) is 45.9 Å². The summed E-state index contributed by atoms with van der Waals surface area (Å²) in [6, 6.07) is 5.81. The van der Waals surface area contributed by atoms with Crippen LogP contribution in [0.1, 0.15) is 37.0 Å². The predicted octanol–water partition coefficient (Wildman–Crippen LogP) is 3.73. The monoisotopic (exact) mass is 287 g/mol. The Kier molecular flexibility index (Phi) is 4.47. The molecule has 0 aliphatic carbocycles. The van der Waals surface area contributed by atoms with Crippen LogP contribution in [-0.4, -0.2) is 16.3 Å². The molecule has 1 aromatic rings. The quantitative estimate of drug-likeness (QED) is 0.523. The number of hydrogen-bond acceptors (Lipinski definition) is 3. The topological polar surface area (TPSA) is 42.4 Å². The largest absolute Gasteiger partial charge is 0.257 e. The van der Waals surface area contributed by atoms with Crippen molar-refractivity contribution in [3.63, 3.8) is 0 Å². The summed E-state index contributed by atoms with van der Waals surface area (Å²) in [4.78, 5) is 8.87. The van der Waals surface area contributed by atoms with Gasteiger partial charge in [0.05, 0.1) is 10.5 Å². The molecule has 0 fully saturated rings. The summed E-state index contributed by atoms with van der Waals surface area (Å²) in [5, 5.41) is 9.00. The molecular formula is C12H18BrNO2. The molecule has 1 aromatic heterocycles. The van der Waals surface area contributed by atoms with Gasteiger partial charge in [-0.1, -0.05) is 42.8 Å². The van der Waals surface area contributed by atoms with E-state index < -0.39 is 0 Å². The minimum absolute atomic E-state index is 0.127. The van der Waals surface area contributed by atoms with Crippen LogP contribution in [0.3, 0.4) is 0 Å². The number of nitrogens with zero attached hydrogens (tertiary/aromatic N) is 1. The Labute approximate surface area is 105 Å². The van der Waals surface area contributed by atoms with Crippen molar-refractivity contribution in [1.82, 2.24) is 4.98 Å². The normalized spacial score (nSPS) is 15.9. The molecule has 16 heavy (non-hydrogen) atoms. The lowest BCUT2D eigenvalue weighted by molar-refractivity contribution is -0.299. The van der Waals surface area contributed by atoms with Gasteiger partial charge in [-0.2, -0.15) is 0 Å². The fraction of sp³-hybridized carbons (Fsp3) is 0.583. The van der Waals surface area contributed by atoms with Crippen LogP contribution in [0.25, 0.3) is 0 Å². The zero-order chi connectivity index (χ0) is 12.3. The average molecular weight is 288 g/mol. The maximum absolute atomic E-state index is 9.00. The molecule has 1 rings (SSSR count). The number of aromatic nitrogens is 1. The molecular weight excluding hydrogens is 270 g/mol. The number of pyridine rings is 1. The molecule has 0 aliphatic heterocycles. The van der Waals surface area contributed by atoms with Gasteiger partial charge in [0.2, 0.25) is 0 Å². The average Bonchev–Trinajstić information content (AvgIpc) is 2.16. The van der Waals surface area contributed by atoms with E-state index in [0.29, 0.717) is 0 Å². The van der Waals surface area contributed by atoms with Crippen molar-refractivity contribution in [3.8, 4) is 0 Å². The van der Waals surface area contributed by atoms with Gasteiger partial charge in [0.15, 0.2) is 0 Å². The van der Waals surface area contributed by atoms with Crippen molar-refractivity contribution < 1.29 is 10.1 Å². The van der Waals surface area contributed by atoms with Crippen molar-refractivity contribution in [2.24, 2.45) is 5.41 Å². The Morgan fingerprint density at radius 1 is 1.38 bits per heavy atom. The van der Waals surface area contributed by atoms with Crippen molar-refractivity contribution in [2.75, 3.05) is 0 Å². The van der Waals surface area contributed by atoms with Gasteiger partial charge in [-0.15, -0.1) is 0 Å². The van der Waals surface area contributed by atoms with Gasteiger partial charge in [0, 0.05) is 5.69 Å². The molecule has 4 heteroatoms. The zero-order valence-corrected chi connectivity index (χ0v) is 11.7. The van der Waals surface area contributed by atoms with Gasteiger partial charge >= 0.3 is 0 Å². The third-order valence-corrected chi connectivity index (χ3v) is 3.37. The highest BCUT2D eigenvalue weighted by atomic mass is 79.9. The minimum Gasteiger partial charge on any atom is -0.257 e. The van der Waals surface area contributed by atoms with E-state index >= 15 is 0 Å². The van der Waals surface area contributed by atoms with Crippen molar-refractivity contribution in [1.29, 1.82) is 0 Å². The molecule has 0 saturated carbocycles. The first kappa shape index (κ1) is 13.6. The van der Waals surface area contributed by atoms with Crippen LogP contribution in [0.2, 0.25) is 0 Å². The number of hydrogen-bond donors (Lipinski definition) is 1. The molecule has 1 N–H and O–H groups in total. The first-order chi connectivity index (χ1) is 7.36. The lowest BCUT2D eigenvalue weighted by Gasteiger charge is -2.31. The van der Waals surface area contributed by atoms with Gasteiger partial charge in [0.25, 0.3) is 0 Å². The molecule has 2 unspecified atom stereocenters. The molecule has 1 heterocycles. The second-order valence-electron chi connectivity index (χ2n) is 5.00. The van der Waals surface area contributed by atoms with Crippen LogP contribution in [0.15, 0.2) is 18.2 Å². The maximum atomic E-state index is 9.00. The molecule has 0 amide bonds. The van der Waals surface area contributed by atoms with E-state index in [-0.39, 0.29) is 16.3 Å². The third-order valence-electron chi connectivity index (χ3n) is 2.43. The molecule has 3 nitrogen and oxygen atoms in total. The predicted molar refractivity (Wildman–Crippen MR) is 67.6 cm³/mol. The first-order valence-corrected chi connectivity index (χ1v) is 6.15. The summed E-state index contributed by atoms with van der Waals surface area (Å²) >= 11 is 3.54. The summed E-state index contributed by atoms with van der Waals surface area (Å²) in [6.45, 7) is 7.98. The molecule has 0 aromatic carbocycles. The summed E-state index contributed by atoms with van der Waals surface area (Å²) in [6.07, 6.45) is -0.346. The van der Waals surface area contributed by atoms with Crippen LogP contribution < -0.4 is 0 Å². The fourth-order valence-electron chi connectivity index (χ4n) is 1.52. The second-order valence-corrected chi connectivity index (χ2v) is 5.98. The van der Waals surface area contributed by atoms with E-state index in [0.717, 1.165) is 11.4 Å². The second kappa shape index (κ2) is 5.25. The SMILES string of the molecule is Cc1cccc(C(Br)C(OO)C(C)(C)C)n1.